The van der Waals surface area contributed by atoms with Crippen molar-refractivity contribution >= 4 is 17.9 Å². The van der Waals surface area contributed by atoms with Crippen molar-refractivity contribution in [1.29, 1.82) is 0 Å². The number of nitrogens with zero attached hydrogens (tertiary/aromatic N) is 2. The van der Waals surface area contributed by atoms with E-state index in [1.807, 2.05) is 18.7 Å². The number of carbonyl (C=O) groups is 3. The highest BCUT2D eigenvalue weighted by molar-refractivity contribution is 5.84. The molecule has 0 aliphatic carbocycles. The third kappa shape index (κ3) is 5.59. The van der Waals surface area contributed by atoms with E-state index in [-0.39, 0.29) is 23.8 Å². The van der Waals surface area contributed by atoms with E-state index in [1.54, 1.807) is 4.90 Å². The second-order valence-corrected chi connectivity index (χ2v) is 7.35. The molecule has 2 rings (SSSR count). The van der Waals surface area contributed by atoms with Crippen molar-refractivity contribution < 1.29 is 23.9 Å². The minimum Gasteiger partial charge on any atom is -0.467 e. The molecule has 2 aliphatic rings. The number of esters is 1. The normalized spacial score (nSPS) is 20.0. The molecular weight excluding hydrogens is 338 g/mol. The predicted octanol–water partition coefficient (Wildman–Crippen LogP) is 0.855. The molecule has 0 aromatic carbocycles. The van der Waals surface area contributed by atoms with Crippen LogP contribution in [0.3, 0.4) is 0 Å². The first kappa shape index (κ1) is 20.5. The van der Waals surface area contributed by atoms with Gasteiger partial charge in [0, 0.05) is 32.1 Å². The molecule has 0 aromatic heterocycles. The molecule has 8 nitrogen and oxygen atoms in total. The average Bonchev–Trinajstić information content (AvgIpc) is 2.66. The lowest BCUT2D eigenvalue weighted by Crippen LogP contribution is -2.52. The number of likely N-dealkylation sites (tertiary alicyclic amines) is 1. The van der Waals surface area contributed by atoms with Crippen LogP contribution in [-0.2, 0) is 19.1 Å². The van der Waals surface area contributed by atoms with Gasteiger partial charge in [0.25, 0.3) is 0 Å². The number of hydrogen-bond acceptors (Lipinski definition) is 5. The number of hydrogen-bond donors (Lipinski definition) is 1. The summed E-state index contributed by atoms with van der Waals surface area (Å²) < 4.78 is 10.1. The standard InChI is InChI=1S/C18H31N3O5/c1-13(2)12-15(17(23)25-3)19-18(24)21-6-4-14(5-7-21)16(22)20-8-10-26-11-9-20/h13-15H,4-12H2,1-3H3,(H,19,24)/t15-/m0/s1. The lowest BCUT2D eigenvalue weighted by atomic mass is 9.95. The maximum Gasteiger partial charge on any atom is 0.328 e. The molecule has 1 N–H and O–H groups in total. The molecule has 8 heteroatoms. The van der Waals surface area contributed by atoms with E-state index in [2.05, 4.69) is 5.32 Å². The van der Waals surface area contributed by atoms with Gasteiger partial charge in [0.05, 0.1) is 20.3 Å². The Balaban J connectivity index is 1.82. The molecule has 1 atom stereocenters. The molecule has 2 fully saturated rings. The van der Waals surface area contributed by atoms with Crippen molar-refractivity contribution in [2.75, 3.05) is 46.5 Å². The molecule has 0 radical (unpaired) electrons. The molecule has 0 spiro atoms. The number of urea groups is 1. The third-order valence-corrected chi connectivity index (χ3v) is 4.94. The fourth-order valence-corrected chi connectivity index (χ4v) is 3.44. The summed E-state index contributed by atoms with van der Waals surface area (Å²) in [5.41, 5.74) is 0. The number of nitrogens with one attached hydrogen (secondary N) is 1. The Bertz CT molecular complexity index is 497. The van der Waals surface area contributed by atoms with E-state index in [0.29, 0.717) is 58.7 Å². The van der Waals surface area contributed by atoms with Crippen LogP contribution in [0.25, 0.3) is 0 Å². The number of rotatable bonds is 5. The summed E-state index contributed by atoms with van der Waals surface area (Å²) in [7, 11) is 1.32. The van der Waals surface area contributed by atoms with E-state index in [0.717, 1.165) is 0 Å². The van der Waals surface area contributed by atoms with E-state index in [1.165, 1.54) is 7.11 Å². The first-order chi connectivity index (χ1) is 12.4. The summed E-state index contributed by atoms with van der Waals surface area (Å²) in [5, 5.41) is 2.78. The summed E-state index contributed by atoms with van der Waals surface area (Å²) in [6.07, 6.45) is 1.83. The Hall–Kier alpha value is -1.83. The average molecular weight is 369 g/mol. The van der Waals surface area contributed by atoms with Crippen molar-refractivity contribution in [2.24, 2.45) is 11.8 Å². The predicted molar refractivity (Wildman–Crippen MR) is 95.5 cm³/mol. The maximum absolute atomic E-state index is 12.5. The number of amides is 3. The van der Waals surface area contributed by atoms with Gasteiger partial charge in [-0.05, 0) is 25.2 Å². The van der Waals surface area contributed by atoms with Gasteiger partial charge in [0.2, 0.25) is 5.91 Å². The van der Waals surface area contributed by atoms with Crippen molar-refractivity contribution in [3.8, 4) is 0 Å². The molecular formula is C18H31N3O5. The zero-order valence-corrected chi connectivity index (χ0v) is 16.0. The van der Waals surface area contributed by atoms with Crippen LogP contribution in [0.2, 0.25) is 0 Å². The zero-order chi connectivity index (χ0) is 19.1. The van der Waals surface area contributed by atoms with Crippen LogP contribution in [0.4, 0.5) is 4.79 Å². The number of carbonyl (C=O) groups excluding carboxylic acids is 3. The number of morpholine rings is 1. The molecule has 26 heavy (non-hydrogen) atoms. The lowest BCUT2D eigenvalue weighted by molar-refractivity contribution is -0.143. The van der Waals surface area contributed by atoms with Gasteiger partial charge in [-0.2, -0.15) is 0 Å². The highest BCUT2D eigenvalue weighted by Crippen LogP contribution is 2.20. The van der Waals surface area contributed by atoms with Gasteiger partial charge in [0.1, 0.15) is 6.04 Å². The van der Waals surface area contributed by atoms with E-state index >= 15 is 0 Å². The largest absolute Gasteiger partial charge is 0.467 e. The molecule has 0 aromatic rings. The maximum atomic E-state index is 12.5. The van der Waals surface area contributed by atoms with Crippen molar-refractivity contribution in [2.45, 2.75) is 39.2 Å². The Morgan fingerprint density at radius 2 is 1.69 bits per heavy atom. The van der Waals surface area contributed by atoms with Crippen LogP contribution in [0.1, 0.15) is 33.1 Å². The van der Waals surface area contributed by atoms with E-state index in [9.17, 15) is 14.4 Å². The van der Waals surface area contributed by atoms with Crippen LogP contribution in [0, 0.1) is 11.8 Å². The van der Waals surface area contributed by atoms with Gasteiger partial charge in [-0.15, -0.1) is 0 Å². The monoisotopic (exact) mass is 369 g/mol. The molecule has 2 heterocycles. The van der Waals surface area contributed by atoms with Crippen molar-refractivity contribution in [3.63, 3.8) is 0 Å². The number of methoxy groups -OCH3 is 1. The minimum absolute atomic E-state index is 0.0378. The van der Waals surface area contributed by atoms with Crippen LogP contribution >= 0.6 is 0 Å². The molecule has 0 saturated carbocycles. The highest BCUT2D eigenvalue weighted by atomic mass is 16.5. The first-order valence-electron chi connectivity index (χ1n) is 9.42. The van der Waals surface area contributed by atoms with Crippen LogP contribution in [0.5, 0.6) is 0 Å². The summed E-state index contributed by atoms with van der Waals surface area (Å²) in [6.45, 7) is 7.50. The van der Waals surface area contributed by atoms with Gasteiger partial charge >= 0.3 is 12.0 Å². The summed E-state index contributed by atoms with van der Waals surface area (Å²) in [5.74, 6) is -0.0365. The Kier molecular flexibility index (Phi) is 7.68. The van der Waals surface area contributed by atoms with Crippen LogP contribution in [0.15, 0.2) is 0 Å². The fraction of sp³-hybridized carbons (Fsp3) is 0.833. The fourth-order valence-electron chi connectivity index (χ4n) is 3.44. The topological polar surface area (TPSA) is 88.2 Å². The van der Waals surface area contributed by atoms with E-state index < -0.39 is 12.0 Å². The Morgan fingerprint density at radius 3 is 2.23 bits per heavy atom. The SMILES string of the molecule is COC(=O)[C@H](CC(C)C)NC(=O)N1CCC(C(=O)N2CCOCC2)CC1. The molecule has 3 amide bonds. The van der Waals surface area contributed by atoms with Gasteiger partial charge in [-0.1, -0.05) is 13.8 Å². The summed E-state index contributed by atoms with van der Waals surface area (Å²) >= 11 is 0. The van der Waals surface area contributed by atoms with Gasteiger partial charge < -0.3 is 24.6 Å². The summed E-state index contributed by atoms with van der Waals surface area (Å²) in [4.78, 5) is 40.4. The molecule has 0 unspecified atom stereocenters. The number of ether oxygens (including phenoxy) is 2. The quantitative estimate of drug-likeness (QED) is 0.726. The van der Waals surface area contributed by atoms with Crippen molar-refractivity contribution in [1.82, 2.24) is 15.1 Å². The third-order valence-electron chi connectivity index (χ3n) is 4.94. The zero-order valence-electron chi connectivity index (χ0n) is 16.0. The molecule has 2 saturated heterocycles. The lowest BCUT2D eigenvalue weighted by Gasteiger charge is -2.36. The Labute approximate surface area is 155 Å². The summed E-state index contributed by atoms with van der Waals surface area (Å²) in [6, 6.07) is -0.904. The van der Waals surface area contributed by atoms with Crippen LogP contribution in [-0.4, -0.2) is 80.3 Å². The molecule has 0 bridgehead atoms. The second-order valence-electron chi connectivity index (χ2n) is 7.35. The molecule has 148 valence electrons. The smallest absolute Gasteiger partial charge is 0.328 e. The van der Waals surface area contributed by atoms with Gasteiger partial charge in [0.15, 0.2) is 0 Å². The van der Waals surface area contributed by atoms with Gasteiger partial charge in [-0.25, -0.2) is 9.59 Å². The highest BCUT2D eigenvalue weighted by Gasteiger charge is 2.32. The van der Waals surface area contributed by atoms with Crippen molar-refractivity contribution in [3.05, 3.63) is 0 Å². The Morgan fingerprint density at radius 1 is 1.08 bits per heavy atom. The van der Waals surface area contributed by atoms with Gasteiger partial charge in [-0.3, -0.25) is 4.79 Å². The van der Waals surface area contributed by atoms with E-state index in [4.69, 9.17) is 9.47 Å². The second kappa shape index (κ2) is 9.75. The number of piperidine rings is 1. The van der Waals surface area contributed by atoms with Crippen LogP contribution < -0.4 is 5.32 Å². The minimum atomic E-state index is -0.639. The first-order valence-corrected chi connectivity index (χ1v) is 9.42. The molecule has 2 aliphatic heterocycles.